The lowest BCUT2D eigenvalue weighted by atomic mass is 9.83. The zero-order valence-corrected chi connectivity index (χ0v) is 25.3. The van der Waals surface area contributed by atoms with E-state index in [0.29, 0.717) is 17.7 Å². The quantitative estimate of drug-likeness (QED) is 0.421. The Labute approximate surface area is 234 Å². The normalized spacial score (nSPS) is 22.0. The molecule has 0 spiro atoms. The Morgan fingerprint density at radius 1 is 1.13 bits per heavy atom. The third kappa shape index (κ3) is 6.11. The average Bonchev–Trinajstić information content (AvgIpc) is 3.13. The predicted octanol–water partition coefficient (Wildman–Crippen LogP) is 5.96. The molecule has 1 aromatic heterocycles. The van der Waals surface area contributed by atoms with E-state index >= 15 is 0 Å². The highest BCUT2D eigenvalue weighted by Gasteiger charge is 2.61. The van der Waals surface area contributed by atoms with Crippen molar-refractivity contribution in [3.63, 3.8) is 0 Å². The molecule has 1 aliphatic heterocycles. The molecule has 38 heavy (non-hydrogen) atoms. The Balaban J connectivity index is 2.29. The maximum absolute atomic E-state index is 14.5. The number of hydrogen-bond donors (Lipinski definition) is 1. The van der Waals surface area contributed by atoms with Crippen molar-refractivity contribution in [2.45, 2.75) is 90.8 Å². The van der Waals surface area contributed by atoms with Crippen molar-refractivity contribution < 1.29 is 19.1 Å². The topological polar surface area (TPSA) is 103 Å². The van der Waals surface area contributed by atoms with E-state index < -0.39 is 35.0 Å². The lowest BCUT2D eigenvalue weighted by Gasteiger charge is -2.41. The molecule has 7 nitrogen and oxygen atoms in total. The standard InChI is InChI=1S/C30H40BrN3O4/c1-18(2)16-30(27(37)38-29(6,7)8)17-20(25(32)35)24(23-11-9-10-14-33-23)34(30)26(36)19-12-13-21(22(31)15-19)28(3,4)5/h9-15,18,20,24H,16-17H2,1-8H3,(H2,32,35)/t20-,24+,30-/m0/s1. The van der Waals surface area contributed by atoms with E-state index in [1.165, 1.54) is 4.90 Å². The summed E-state index contributed by atoms with van der Waals surface area (Å²) in [5.74, 6) is -2.31. The SMILES string of the molecule is CC(C)C[C@@]1(C(=O)OC(C)(C)C)C[C@H](C(N)=O)[C@H](c2ccccn2)N1C(=O)c1ccc(C(C)(C)C)c(Br)c1. The van der Waals surface area contributed by atoms with Crippen molar-refractivity contribution in [2.24, 2.45) is 17.6 Å². The Kier molecular flexibility index (Phi) is 8.47. The van der Waals surface area contributed by atoms with Gasteiger partial charge in [0.2, 0.25) is 5.91 Å². The molecule has 3 atom stereocenters. The van der Waals surface area contributed by atoms with Crippen LogP contribution >= 0.6 is 15.9 Å². The van der Waals surface area contributed by atoms with Gasteiger partial charge in [-0.15, -0.1) is 0 Å². The van der Waals surface area contributed by atoms with Crippen LogP contribution in [-0.4, -0.2) is 38.8 Å². The zero-order valence-electron chi connectivity index (χ0n) is 23.7. The van der Waals surface area contributed by atoms with Gasteiger partial charge >= 0.3 is 5.97 Å². The van der Waals surface area contributed by atoms with Crippen molar-refractivity contribution in [1.29, 1.82) is 0 Å². The van der Waals surface area contributed by atoms with E-state index in [1.807, 2.05) is 19.9 Å². The average molecular weight is 587 g/mol. The summed E-state index contributed by atoms with van der Waals surface area (Å²) in [6.45, 7) is 15.6. The third-order valence-electron chi connectivity index (χ3n) is 6.80. The minimum Gasteiger partial charge on any atom is -0.458 e. The predicted molar refractivity (Wildman–Crippen MR) is 151 cm³/mol. The van der Waals surface area contributed by atoms with Gasteiger partial charge in [-0.25, -0.2) is 4.79 Å². The first-order chi connectivity index (χ1) is 17.5. The third-order valence-corrected chi connectivity index (χ3v) is 7.46. The molecule has 0 unspecified atom stereocenters. The highest BCUT2D eigenvalue weighted by molar-refractivity contribution is 9.10. The summed E-state index contributed by atoms with van der Waals surface area (Å²) < 4.78 is 6.72. The number of hydrogen-bond acceptors (Lipinski definition) is 5. The van der Waals surface area contributed by atoms with E-state index in [0.717, 1.165) is 10.0 Å². The lowest BCUT2D eigenvalue weighted by Crippen LogP contribution is -2.56. The molecular formula is C30H40BrN3O4. The number of aromatic nitrogens is 1. The number of nitrogens with zero attached hydrogens (tertiary/aromatic N) is 2. The van der Waals surface area contributed by atoms with Crippen LogP contribution in [0.4, 0.5) is 0 Å². The molecule has 8 heteroatoms. The molecule has 2 N–H and O–H groups in total. The van der Waals surface area contributed by atoms with E-state index in [9.17, 15) is 14.4 Å². The van der Waals surface area contributed by atoms with Crippen molar-refractivity contribution in [2.75, 3.05) is 0 Å². The van der Waals surface area contributed by atoms with Crippen LogP contribution in [0, 0.1) is 11.8 Å². The Morgan fingerprint density at radius 3 is 2.26 bits per heavy atom. The van der Waals surface area contributed by atoms with E-state index in [4.69, 9.17) is 10.5 Å². The van der Waals surface area contributed by atoms with Gasteiger partial charge in [0.1, 0.15) is 11.1 Å². The summed E-state index contributed by atoms with van der Waals surface area (Å²) in [5.41, 5.74) is 5.54. The van der Waals surface area contributed by atoms with Crippen LogP contribution in [0.15, 0.2) is 47.1 Å². The maximum Gasteiger partial charge on any atom is 0.332 e. The number of carbonyl (C=O) groups excluding carboxylic acids is 3. The van der Waals surface area contributed by atoms with Crippen LogP contribution in [0.3, 0.4) is 0 Å². The van der Waals surface area contributed by atoms with Crippen LogP contribution in [0.2, 0.25) is 0 Å². The minimum atomic E-state index is -1.41. The number of primary amides is 1. The van der Waals surface area contributed by atoms with E-state index in [1.54, 1.807) is 57.3 Å². The van der Waals surface area contributed by atoms with Gasteiger partial charge in [-0.05, 0) is 74.8 Å². The van der Waals surface area contributed by atoms with Gasteiger partial charge in [0.25, 0.3) is 5.91 Å². The van der Waals surface area contributed by atoms with Gasteiger partial charge in [0.05, 0.1) is 17.7 Å². The van der Waals surface area contributed by atoms with E-state index in [-0.39, 0.29) is 23.7 Å². The van der Waals surface area contributed by atoms with Crippen LogP contribution in [0.25, 0.3) is 0 Å². The molecule has 2 amide bonds. The highest BCUT2D eigenvalue weighted by atomic mass is 79.9. The number of carbonyl (C=O) groups is 3. The van der Waals surface area contributed by atoms with Crippen LogP contribution in [0.1, 0.15) is 95.9 Å². The van der Waals surface area contributed by atoms with Crippen LogP contribution in [0.5, 0.6) is 0 Å². The summed E-state index contributed by atoms with van der Waals surface area (Å²) in [7, 11) is 0. The van der Waals surface area contributed by atoms with Crippen molar-refractivity contribution in [3.8, 4) is 0 Å². The molecule has 0 radical (unpaired) electrons. The number of benzene rings is 1. The van der Waals surface area contributed by atoms with Gasteiger partial charge < -0.3 is 15.4 Å². The fraction of sp³-hybridized carbons (Fsp3) is 0.533. The highest BCUT2D eigenvalue weighted by Crippen LogP contribution is 2.51. The molecule has 1 fully saturated rings. The zero-order chi connectivity index (χ0) is 28.6. The first-order valence-corrected chi connectivity index (χ1v) is 13.8. The van der Waals surface area contributed by atoms with Gasteiger partial charge in [0.15, 0.2) is 0 Å². The molecule has 0 bridgehead atoms. The maximum atomic E-state index is 14.5. The summed E-state index contributed by atoms with van der Waals surface area (Å²) in [6.07, 6.45) is 1.98. The number of esters is 1. The molecule has 2 aromatic rings. The lowest BCUT2D eigenvalue weighted by molar-refractivity contribution is -0.168. The number of nitrogens with two attached hydrogens (primary N) is 1. The molecule has 2 heterocycles. The number of rotatable bonds is 6. The first-order valence-electron chi connectivity index (χ1n) is 13.1. The van der Waals surface area contributed by atoms with Crippen LogP contribution in [-0.2, 0) is 19.7 Å². The fourth-order valence-electron chi connectivity index (χ4n) is 5.38. The minimum absolute atomic E-state index is 0.0174. The number of ether oxygens (including phenoxy) is 1. The van der Waals surface area contributed by atoms with Crippen LogP contribution < -0.4 is 5.73 Å². The second kappa shape index (κ2) is 10.8. The fourth-order valence-corrected chi connectivity index (χ4v) is 6.35. The van der Waals surface area contributed by atoms with Crippen molar-refractivity contribution in [3.05, 3.63) is 63.9 Å². The number of likely N-dealkylation sites (tertiary alicyclic amines) is 1. The van der Waals surface area contributed by atoms with Gasteiger partial charge in [-0.2, -0.15) is 0 Å². The number of pyridine rings is 1. The van der Waals surface area contributed by atoms with Gasteiger partial charge in [-0.3, -0.25) is 14.6 Å². The molecular weight excluding hydrogens is 546 g/mol. The second-order valence-electron chi connectivity index (χ2n) is 12.7. The molecule has 206 valence electrons. The second-order valence-corrected chi connectivity index (χ2v) is 13.5. The molecule has 1 aromatic carbocycles. The van der Waals surface area contributed by atoms with E-state index in [2.05, 4.69) is 41.7 Å². The number of amides is 2. The summed E-state index contributed by atoms with van der Waals surface area (Å²) in [5, 5.41) is 0. The molecule has 1 saturated heterocycles. The monoisotopic (exact) mass is 585 g/mol. The Morgan fingerprint density at radius 2 is 1.79 bits per heavy atom. The smallest absolute Gasteiger partial charge is 0.332 e. The molecule has 0 saturated carbocycles. The first kappa shape index (κ1) is 29.8. The summed E-state index contributed by atoms with van der Waals surface area (Å²) in [4.78, 5) is 47.5. The largest absolute Gasteiger partial charge is 0.458 e. The number of halogens is 1. The molecule has 1 aliphatic rings. The van der Waals surface area contributed by atoms with Crippen molar-refractivity contribution in [1.82, 2.24) is 9.88 Å². The Hall–Kier alpha value is -2.74. The molecule has 3 rings (SSSR count). The van der Waals surface area contributed by atoms with Gasteiger partial charge in [0, 0.05) is 16.2 Å². The Bertz CT molecular complexity index is 1200. The van der Waals surface area contributed by atoms with Gasteiger partial charge in [-0.1, -0.05) is 62.7 Å². The summed E-state index contributed by atoms with van der Waals surface area (Å²) >= 11 is 3.64. The summed E-state index contributed by atoms with van der Waals surface area (Å²) in [6, 6.07) is 9.98. The van der Waals surface area contributed by atoms with Crippen molar-refractivity contribution >= 4 is 33.7 Å². The molecule has 0 aliphatic carbocycles.